The summed E-state index contributed by atoms with van der Waals surface area (Å²) in [5.74, 6) is 0.346. The first kappa shape index (κ1) is 22.6. The van der Waals surface area contributed by atoms with Crippen molar-refractivity contribution in [1.29, 1.82) is 0 Å². The second-order valence-corrected chi connectivity index (χ2v) is 9.26. The van der Waals surface area contributed by atoms with E-state index in [1.54, 1.807) is 23.7 Å². The van der Waals surface area contributed by atoms with Crippen molar-refractivity contribution in [3.63, 3.8) is 0 Å². The first-order chi connectivity index (χ1) is 13.2. The molecule has 1 fully saturated rings. The van der Waals surface area contributed by atoms with Gasteiger partial charge >= 0.3 is 6.09 Å². The molecule has 0 bridgehead atoms. The molecule has 1 N–H and O–H groups in total. The molecule has 2 rings (SSSR count). The molecule has 1 aliphatic heterocycles. The Balaban J connectivity index is 1.82. The largest absolute Gasteiger partial charge is 0.444 e. The number of piperidine rings is 1. The van der Waals surface area contributed by atoms with Gasteiger partial charge in [-0.2, -0.15) is 0 Å². The predicted octanol–water partition coefficient (Wildman–Crippen LogP) is 3.93. The smallest absolute Gasteiger partial charge is 0.410 e. The van der Waals surface area contributed by atoms with E-state index in [0.29, 0.717) is 19.0 Å². The highest BCUT2D eigenvalue weighted by atomic mass is 32.2. The van der Waals surface area contributed by atoms with Crippen LogP contribution in [0.4, 0.5) is 10.5 Å². The molecule has 1 saturated heterocycles. The highest BCUT2D eigenvalue weighted by Gasteiger charge is 2.26. The van der Waals surface area contributed by atoms with Crippen molar-refractivity contribution in [2.75, 3.05) is 44.8 Å². The van der Waals surface area contributed by atoms with Crippen molar-refractivity contribution in [1.82, 2.24) is 9.80 Å². The summed E-state index contributed by atoms with van der Waals surface area (Å²) < 4.78 is 5.43. The van der Waals surface area contributed by atoms with Crippen molar-refractivity contribution in [2.45, 2.75) is 44.1 Å². The van der Waals surface area contributed by atoms with E-state index in [2.05, 4.69) is 10.2 Å². The summed E-state index contributed by atoms with van der Waals surface area (Å²) in [5, 5.41) is 2.99. The van der Waals surface area contributed by atoms with Crippen LogP contribution in [0.15, 0.2) is 29.2 Å². The Morgan fingerprint density at radius 3 is 2.79 bits per heavy atom. The Labute approximate surface area is 173 Å². The Bertz CT molecular complexity index is 675. The van der Waals surface area contributed by atoms with Crippen LogP contribution in [0, 0.1) is 5.92 Å². The number of carbonyl (C=O) groups excluding carboxylic acids is 2. The van der Waals surface area contributed by atoms with E-state index >= 15 is 0 Å². The summed E-state index contributed by atoms with van der Waals surface area (Å²) in [6.07, 6.45) is 3.81. The van der Waals surface area contributed by atoms with Crippen LogP contribution in [0.2, 0.25) is 0 Å². The molecule has 0 radical (unpaired) electrons. The molecular formula is C21H33N3O3S. The second-order valence-electron chi connectivity index (χ2n) is 8.38. The molecule has 7 heteroatoms. The molecule has 0 aliphatic carbocycles. The quantitative estimate of drug-likeness (QED) is 0.724. The van der Waals surface area contributed by atoms with Crippen LogP contribution < -0.4 is 5.32 Å². The van der Waals surface area contributed by atoms with Crippen LogP contribution in [0.25, 0.3) is 0 Å². The Morgan fingerprint density at radius 2 is 2.11 bits per heavy atom. The number of anilines is 1. The number of hydrogen-bond donors (Lipinski definition) is 1. The summed E-state index contributed by atoms with van der Waals surface area (Å²) in [4.78, 5) is 29.5. The number of ether oxygens (including phenoxy) is 1. The number of nitrogens with zero attached hydrogens (tertiary/aromatic N) is 2. The molecule has 6 nitrogen and oxygen atoms in total. The number of hydrogen-bond acceptors (Lipinski definition) is 5. The number of nitrogens with one attached hydrogen (secondary N) is 1. The molecule has 0 spiro atoms. The minimum atomic E-state index is -0.490. The maximum absolute atomic E-state index is 12.4. The summed E-state index contributed by atoms with van der Waals surface area (Å²) in [6.45, 7) is 8.34. The number of carbonyl (C=O) groups is 2. The van der Waals surface area contributed by atoms with Gasteiger partial charge in [-0.15, -0.1) is 11.8 Å². The average Bonchev–Trinajstić information content (AvgIpc) is 2.60. The molecule has 1 unspecified atom stereocenters. The maximum Gasteiger partial charge on any atom is 0.410 e. The summed E-state index contributed by atoms with van der Waals surface area (Å²) >= 11 is 1.65. The minimum absolute atomic E-state index is 0.000556. The molecule has 1 heterocycles. The van der Waals surface area contributed by atoms with Crippen molar-refractivity contribution in [3.05, 3.63) is 24.3 Å². The van der Waals surface area contributed by atoms with Gasteiger partial charge in [-0.1, -0.05) is 6.07 Å². The minimum Gasteiger partial charge on any atom is -0.444 e. The highest BCUT2D eigenvalue weighted by molar-refractivity contribution is 7.98. The second kappa shape index (κ2) is 10.2. The van der Waals surface area contributed by atoms with Crippen molar-refractivity contribution < 1.29 is 14.3 Å². The average molecular weight is 408 g/mol. The van der Waals surface area contributed by atoms with Gasteiger partial charge in [0.25, 0.3) is 0 Å². The van der Waals surface area contributed by atoms with Gasteiger partial charge in [0, 0.05) is 30.7 Å². The van der Waals surface area contributed by atoms with Gasteiger partial charge in [-0.05, 0) is 70.5 Å². The van der Waals surface area contributed by atoms with E-state index < -0.39 is 5.60 Å². The van der Waals surface area contributed by atoms with E-state index in [1.807, 2.05) is 51.3 Å². The maximum atomic E-state index is 12.4. The van der Waals surface area contributed by atoms with Crippen LogP contribution in [-0.2, 0) is 9.53 Å². The lowest BCUT2D eigenvalue weighted by molar-refractivity contribution is -0.117. The van der Waals surface area contributed by atoms with E-state index in [-0.39, 0.29) is 12.0 Å². The van der Waals surface area contributed by atoms with Crippen molar-refractivity contribution >= 4 is 29.4 Å². The zero-order valence-electron chi connectivity index (χ0n) is 17.7. The molecule has 1 aliphatic rings. The normalized spacial score (nSPS) is 17.8. The SMILES string of the molecule is CSc1cccc(NC(=O)CN2CCCC(CN(C)C(=O)OC(C)(C)C)C2)c1. The fourth-order valence-corrected chi connectivity index (χ4v) is 3.81. The third-order valence-electron chi connectivity index (χ3n) is 4.56. The van der Waals surface area contributed by atoms with Crippen LogP contribution in [0.3, 0.4) is 0 Å². The van der Waals surface area contributed by atoms with Crippen molar-refractivity contribution in [3.8, 4) is 0 Å². The molecular weight excluding hydrogens is 374 g/mol. The third kappa shape index (κ3) is 7.72. The number of benzene rings is 1. The van der Waals surface area contributed by atoms with E-state index in [9.17, 15) is 9.59 Å². The van der Waals surface area contributed by atoms with Gasteiger partial charge < -0.3 is 15.0 Å². The summed E-state index contributed by atoms with van der Waals surface area (Å²) in [5.41, 5.74) is 0.338. The number of amides is 2. The lowest BCUT2D eigenvalue weighted by Crippen LogP contribution is -2.45. The zero-order valence-corrected chi connectivity index (χ0v) is 18.5. The molecule has 28 heavy (non-hydrogen) atoms. The van der Waals surface area contributed by atoms with Crippen LogP contribution >= 0.6 is 11.8 Å². The highest BCUT2D eigenvalue weighted by Crippen LogP contribution is 2.20. The lowest BCUT2D eigenvalue weighted by atomic mass is 9.97. The first-order valence-electron chi connectivity index (χ1n) is 9.76. The van der Waals surface area contributed by atoms with Gasteiger partial charge in [0.05, 0.1) is 6.54 Å². The molecule has 1 aromatic carbocycles. The van der Waals surface area contributed by atoms with Crippen molar-refractivity contribution in [2.24, 2.45) is 5.92 Å². The predicted molar refractivity (Wildman–Crippen MR) is 115 cm³/mol. The van der Waals surface area contributed by atoms with Crippen LogP contribution in [0.5, 0.6) is 0 Å². The standard InChI is InChI=1S/C21H33N3O3S/c1-21(2,3)27-20(26)23(4)13-16-8-7-11-24(14-16)15-19(25)22-17-9-6-10-18(12-17)28-5/h6,9-10,12,16H,7-8,11,13-15H2,1-5H3,(H,22,25). The number of likely N-dealkylation sites (tertiary alicyclic amines) is 1. The third-order valence-corrected chi connectivity index (χ3v) is 5.29. The fourth-order valence-electron chi connectivity index (χ4n) is 3.35. The van der Waals surface area contributed by atoms with E-state index in [0.717, 1.165) is 36.5 Å². The number of rotatable bonds is 6. The summed E-state index contributed by atoms with van der Waals surface area (Å²) in [7, 11) is 1.78. The molecule has 2 amide bonds. The fraction of sp³-hybridized carbons (Fsp3) is 0.619. The molecule has 1 aromatic rings. The Kier molecular flexibility index (Phi) is 8.19. The number of thioether (sulfide) groups is 1. The Hall–Kier alpha value is -1.73. The lowest BCUT2D eigenvalue weighted by Gasteiger charge is -2.34. The monoisotopic (exact) mass is 407 g/mol. The van der Waals surface area contributed by atoms with Gasteiger partial charge in [0.2, 0.25) is 5.91 Å². The van der Waals surface area contributed by atoms with E-state index in [1.165, 1.54) is 0 Å². The molecule has 156 valence electrons. The summed E-state index contributed by atoms with van der Waals surface area (Å²) in [6, 6.07) is 7.87. The van der Waals surface area contributed by atoms with Gasteiger partial charge in [0.15, 0.2) is 0 Å². The first-order valence-corrected chi connectivity index (χ1v) is 11.0. The molecule has 0 saturated carbocycles. The zero-order chi connectivity index (χ0) is 20.7. The van der Waals surface area contributed by atoms with Crippen LogP contribution in [0.1, 0.15) is 33.6 Å². The topological polar surface area (TPSA) is 61.9 Å². The van der Waals surface area contributed by atoms with Gasteiger partial charge in [0.1, 0.15) is 5.60 Å². The molecule has 1 atom stereocenters. The Morgan fingerprint density at radius 1 is 1.36 bits per heavy atom. The van der Waals surface area contributed by atoms with E-state index in [4.69, 9.17) is 4.74 Å². The van der Waals surface area contributed by atoms with Gasteiger partial charge in [-0.25, -0.2) is 4.79 Å². The van der Waals surface area contributed by atoms with Gasteiger partial charge in [-0.3, -0.25) is 9.69 Å². The van der Waals surface area contributed by atoms with Crippen LogP contribution in [-0.4, -0.2) is 66.9 Å². The molecule has 0 aromatic heterocycles.